The molecule has 1 N–H and O–H groups in total. The highest BCUT2D eigenvalue weighted by Gasteiger charge is 2.15. The number of amides is 1. The molecule has 0 radical (unpaired) electrons. The smallest absolute Gasteiger partial charge is 0.269 e. The number of carbonyl (C=O) groups excluding carboxylic acids is 1. The Morgan fingerprint density at radius 1 is 1.10 bits per heavy atom. The van der Waals surface area contributed by atoms with E-state index in [2.05, 4.69) is 5.32 Å². The molecule has 0 aliphatic heterocycles. The Morgan fingerprint density at radius 3 is 2.25 bits per heavy atom. The number of hydrogen-bond donors (Lipinski definition) is 1. The van der Waals surface area contributed by atoms with Crippen LogP contribution < -0.4 is 5.32 Å². The average molecular weight is 270 g/mol. The van der Waals surface area contributed by atoms with Crippen molar-refractivity contribution in [1.82, 2.24) is 0 Å². The first-order chi connectivity index (χ1) is 9.58. The SMILES string of the molecule is CC(C(=O)Nc1ccc([N+](=O)[O-])cc1)c1ccccc1. The summed E-state index contributed by atoms with van der Waals surface area (Å²) in [4.78, 5) is 22.2. The lowest BCUT2D eigenvalue weighted by Crippen LogP contribution is -2.18. The molecule has 2 rings (SSSR count). The van der Waals surface area contributed by atoms with Crippen molar-refractivity contribution in [2.24, 2.45) is 0 Å². The van der Waals surface area contributed by atoms with Crippen molar-refractivity contribution >= 4 is 17.3 Å². The summed E-state index contributed by atoms with van der Waals surface area (Å²) >= 11 is 0. The Kier molecular flexibility index (Phi) is 4.10. The first-order valence-electron chi connectivity index (χ1n) is 6.18. The molecule has 1 atom stereocenters. The first-order valence-corrected chi connectivity index (χ1v) is 6.18. The quantitative estimate of drug-likeness (QED) is 0.684. The van der Waals surface area contributed by atoms with Crippen molar-refractivity contribution in [3.63, 3.8) is 0 Å². The third kappa shape index (κ3) is 3.20. The van der Waals surface area contributed by atoms with Crippen molar-refractivity contribution < 1.29 is 9.72 Å². The number of non-ortho nitro benzene ring substituents is 1. The molecule has 0 bridgehead atoms. The van der Waals surface area contributed by atoms with Crippen LogP contribution in [-0.4, -0.2) is 10.8 Å². The van der Waals surface area contributed by atoms with Crippen LogP contribution in [0.3, 0.4) is 0 Å². The molecular formula is C15H14N2O3. The predicted octanol–water partition coefficient (Wildman–Crippen LogP) is 3.34. The molecule has 2 aromatic carbocycles. The summed E-state index contributed by atoms with van der Waals surface area (Å²) in [6, 6.07) is 15.2. The molecule has 0 saturated heterocycles. The van der Waals surface area contributed by atoms with Gasteiger partial charge in [-0.25, -0.2) is 0 Å². The highest BCUT2D eigenvalue weighted by Crippen LogP contribution is 2.19. The largest absolute Gasteiger partial charge is 0.326 e. The second-order valence-corrected chi connectivity index (χ2v) is 4.43. The van der Waals surface area contributed by atoms with Crippen LogP contribution >= 0.6 is 0 Å². The minimum absolute atomic E-state index is 0.000827. The van der Waals surface area contributed by atoms with Gasteiger partial charge >= 0.3 is 0 Å². The number of nitro benzene ring substituents is 1. The molecule has 1 amide bonds. The van der Waals surface area contributed by atoms with Crippen LogP contribution in [0.1, 0.15) is 18.4 Å². The molecule has 0 saturated carbocycles. The predicted molar refractivity (Wildman–Crippen MR) is 76.6 cm³/mol. The van der Waals surface area contributed by atoms with E-state index in [1.165, 1.54) is 24.3 Å². The summed E-state index contributed by atoms with van der Waals surface area (Å²) < 4.78 is 0. The number of nitro groups is 1. The van der Waals surface area contributed by atoms with Gasteiger partial charge in [-0.1, -0.05) is 30.3 Å². The van der Waals surface area contributed by atoms with Crippen LogP contribution in [0.25, 0.3) is 0 Å². The second kappa shape index (κ2) is 5.97. The average Bonchev–Trinajstić information content (AvgIpc) is 2.48. The molecule has 0 aromatic heterocycles. The number of nitrogens with zero attached hydrogens (tertiary/aromatic N) is 1. The zero-order valence-electron chi connectivity index (χ0n) is 10.9. The lowest BCUT2D eigenvalue weighted by Gasteiger charge is -2.12. The summed E-state index contributed by atoms with van der Waals surface area (Å²) in [5.74, 6) is -0.434. The second-order valence-electron chi connectivity index (χ2n) is 4.43. The van der Waals surface area contributed by atoms with Gasteiger partial charge in [-0.3, -0.25) is 14.9 Å². The van der Waals surface area contributed by atoms with E-state index in [4.69, 9.17) is 0 Å². The fourth-order valence-electron chi connectivity index (χ4n) is 1.81. The third-order valence-electron chi connectivity index (χ3n) is 3.04. The van der Waals surface area contributed by atoms with Crippen LogP contribution in [0.5, 0.6) is 0 Å². The van der Waals surface area contributed by atoms with E-state index in [-0.39, 0.29) is 17.5 Å². The fourth-order valence-corrected chi connectivity index (χ4v) is 1.81. The van der Waals surface area contributed by atoms with Gasteiger partial charge in [0.15, 0.2) is 0 Å². The van der Waals surface area contributed by atoms with E-state index in [1.54, 1.807) is 0 Å². The normalized spacial score (nSPS) is 11.7. The molecule has 0 aliphatic carbocycles. The molecule has 2 aromatic rings. The molecular weight excluding hydrogens is 256 g/mol. The Bertz CT molecular complexity index is 609. The summed E-state index contributed by atoms with van der Waals surface area (Å²) in [5, 5.41) is 13.3. The number of benzene rings is 2. The molecule has 0 aliphatic rings. The van der Waals surface area contributed by atoms with E-state index in [0.29, 0.717) is 5.69 Å². The molecule has 102 valence electrons. The number of nitrogens with one attached hydrogen (secondary N) is 1. The van der Waals surface area contributed by atoms with Gasteiger partial charge in [0, 0.05) is 17.8 Å². The Balaban J connectivity index is 2.06. The number of carbonyl (C=O) groups is 1. The minimum atomic E-state index is -0.474. The van der Waals surface area contributed by atoms with Crippen LogP contribution in [0.4, 0.5) is 11.4 Å². The van der Waals surface area contributed by atoms with Gasteiger partial charge in [0.2, 0.25) is 5.91 Å². The van der Waals surface area contributed by atoms with E-state index in [9.17, 15) is 14.9 Å². The van der Waals surface area contributed by atoms with Gasteiger partial charge in [0.05, 0.1) is 10.8 Å². The number of anilines is 1. The van der Waals surface area contributed by atoms with Gasteiger partial charge in [-0.05, 0) is 24.6 Å². The third-order valence-corrected chi connectivity index (χ3v) is 3.04. The fraction of sp³-hybridized carbons (Fsp3) is 0.133. The maximum Gasteiger partial charge on any atom is 0.269 e. The highest BCUT2D eigenvalue weighted by atomic mass is 16.6. The van der Waals surface area contributed by atoms with Crippen LogP contribution in [0.2, 0.25) is 0 Å². The van der Waals surface area contributed by atoms with Crippen molar-refractivity contribution in [2.45, 2.75) is 12.8 Å². The standard InChI is InChI=1S/C15H14N2O3/c1-11(12-5-3-2-4-6-12)15(18)16-13-7-9-14(10-8-13)17(19)20/h2-11H,1H3,(H,16,18). The topological polar surface area (TPSA) is 72.2 Å². The van der Waals surface area contributed by atoms with E-state index >= 15 is 0 Å². The van der Waals surface area contributed by atoms with Crippen molar-refractivity contribution in [2.75, 3.05) is 5.32 Å². The van der Waals surface area contributed by atoms with E-state index in [0.717, 1.165) is 5.56 Å². The number of hydrogen-bond acceptors (Lipinski definition) is 3. The molecule has 0 heterocycles. The summed E-state index contributed by atoms with van der Waals surface area (Å²) in [7, 11) is 0. The minimum Gasteiger partial charge on any atom is -0.326 e. The molecule has 0 fully saturated rings. The Hall–Kier alpha value is -2.69. The zero-order chi connectivity index (χ0) is 14.5. The maximum absolute atomic E-state index is 12.1. The summed E-state index contributed by atoms with van der Waals surface area (Å²) in [6.07, 6.45) is 0. The van der Waals surface area contributed by atoms with Crippen molar-refractivity contribution in [3.8, 4) is 0 Å². The van der Waals surface area contributed by atoms with Crippen molar-refractivity contribution in [3.05, 3.63) is 70.3 Å². The van der Waals surface area contributed by atoms with E-state index in [1.807, 2.05) is 37.3 Å². The van der Waals surface area contributed by atoms with Gasteiger partial charge < -0.3 is 5.32 Å². The summed E-state index contributed by atoms with van der Waals surface area (Å²) in [5.41, 5.74) is 1.47. The molecule has 5 heteroatoms. The van der Waals surface area contributed by atoms with Gasteiger partial charge in [0.25, 0.3) is 5.69 Å². The lowest BCUT2D eigenvalue weighted by atomic mass is 10.0. The first kappa shape index (κ1) is 13.7. The summed E-state index contributed by atoms with van der Waals surface area (Å²) in [6.45, 7) is 1.82. The van der Waals surface area contributed by atoms with Gasteiger partial charge in [0.1, 0.15) is 0 Å². The van der Waals surface area contributed by atoms with Gasteiger partial charge in [-0.15, -0.1) is 0 Å². The highest BCUT2D eigenvalue weighted by molar-refractivity contribution is 5.95. The molecule has 20 heavy (non-hydrogen) atoms. The molecule has 0 spiro atoms. The molecule has 5 nitrogen and oxygen atoms in total. The van der Waals surface area contributed by atoms with Crippen LogP contribution in [0.15, 0.2) is 54.6 Å². The van der Waals surface area contributed by atoms with Crippen molar-refractivity contribution in [1.29, 1.82) is 0 Å². The Morgan fingerprint density at radius 2 is 1.70 bits per heavy atom. The monoisotopic (exact) mass is 270 g/mol. The number of rotatable bonds is 4. The molecule has 1 unspecified atom stereocenters. The zero-order valence-corrected chi connectivity index (χ0v) is 10.9. The van der Waals surface area contributed by atoms with E-state index < -0.39 is 4.92 Å². The van der Waals surface area contributed by atoms with Gasteiger partial charge in [-0.2, -0.15) is 0 Å². The van der Waals surface area contributed by atoms with Crippen LogP contribution in [-0.2, 0) is 4.79 Å². The van der Waals surface area contributed by atoms with Crippen LogP contribution in [0, 0.1) is 10.1 Å². The maximum atomic E-state index is 12.1. The lowest BCUT2D eigenvalue weighted by molar-refractivity contribution is -0.384. The Labute approximate surface area is 116 Å².